The van der Waals surface area contributed by atoms with Crippen molar-refractivity contribution >= 4 is 53.1 Å². The maximum Gasteiger partial charge on any atom is 0.343 e. The van der Waals surface area contributed by atoms with Gasteiger partial charge in [-0.25, -0.2) is 9.78 Å². The van der Waals surface area contributed by atoms with Gasteiger partial charge in [-0.1, -0.05) is 100.0 Å². The Morgan fingerprint density at radius 3 is 2.33 bits per heavy atom. The number of aryl methyl sites for hydroxylation is 1. The second-order valence-corrected chi connectivity index (χ2v) is 20.5. The van der Waals surface area contributed by atoms with E-state index in [4.69, 9.17) is 25.7 Å². The van der Waals surface area contributed by atoms with E-state index in [2.05, 4.69) is 50.4 Å². The van der Waals surface area contributed by atoms with Gasteiger partial charge in [-0.2, -0.15) is 0 Å². The van der Waals surface area contributed by atoms with E-state index in [1.54, 1.807) is 17.6 Å². The molecule has 278 valence electrons. The normalized spacial score (nSPS) is 19.5. The number of halogens is 1. The van der Waals surface area contributed by atoms with Crippen molar-refractivity contribution in [2.45, 2.75) is 96.7 Å². The Labute approximate surface area is 320 Å². The van der Waals surface area contributed by atoms with Crippen LogP contribution < -0.4 is 21.2 Å². The summed E-state index contributed by atoms with van der Waals surface area (Å²) in [5.41, 5.74) is 3.73. The summed E-state index contributed by atoms with van der Waals surface area (Å²) in [5.74, 6) is -1.00. The van der Waals surface area contributed by atoms with Crippen LogP contribution in [0, 0.1) is 6.92 Å². The van der Waals surface area contributed by atoms with Gasteiger partial charge in [0, 0.05) is 21.5 Å². The maximum atomic E-state index is 14.5. The highest BCUT2D eigenvalue weighted by atomic mass is 35.5. The van der Waals surface area contributed by atoms with Gasteiger partial charge in [0.15, 0.2) is 5.60 Å². The van der Waals surface area contributed by atoms with Crippen LogP contribution in [0.15, 0.2) is 77.6 Å². The van der Waals surface area contributed by atoms with E-state index in [1.807, 2.05) is 56.3 Å². The van der Waals surface area contributed by atoms with Crippen molar-refractivity contribution in [2.24, 2.45) is 0 Å². The van der Waals surface area contributed by atoms with Crippen LogP contribution in [0.1, 0.15) is 86.9 Å². The van der Waals surface area contributed by atoms with Crippen LogP contribution in [0.4, 0.5) is 0 Å². The van der Waals surface area contributed by atoms with Gasteiger partial charge in [0.05, 0.1) is 35.1 Å². The summed E-state index contributed by atoms with van der Waals surface area (Å²) >= 11 is 6.79. The van der Waals surface area contributed by atoms with Crippen molar-refractivity contribution in [1.29, 1.82) is 0 Å². The van der Waals surface area contributed by atoms with Gasteiger partial charge in [-0.15, -0.1) is 0 Å². The quantitative estimate of drug-likeness (QED) is 0.149. The maximum absolute atomic E-state index is 14.5. The van der Waals surface area contributed by atoms with E-state index >= 15 is 0 Å². The predicted octanol–water partition coefficient (Wildman–Crippen LogP) is 6.11. The van der Waals surface area contributed by atoms with Gasteiger partial charge >= 0.3 is 5.97 Å². The molecule has 2 aromatic heterocycles. The molecule has 3 aliphatic rings. The average molecular weight is 762 g/mol. The zero-order chi connectivity index (χ0) is 38.3. The lowest BCUT2D eigenvalue weighted by Crippen LogP contribution is -2.68. The minimum Gasteiger partial charge on any atom is -0.458 e. The Morgan fingerprint density at radius 2 is 1.72 bits per heavy atom. The van der Waals surface area contributed by atoms with Gasteiger partial charge < -0.3 is 24.2 Å². The van der Waals surface area contributed by atoms with Crippen molar-refractivity contribution in [2.75, 3.05) is 0 Å². The lowest BCUT2D eigenvalue weighted by atomic mass is 9.81. The highest BCUT2D eigenvalue weighted by Crippen LogP contribution is 2.47. The van der Waals surface area contributed by atoms with Crippen LogP contribution >= 0.6 is 11.6 Å². The first-order valence-corrected chi connectivity index (χ1v) is 20.9. The summed E-state index contributed by atoms with van der Waals surface area (Å²) in [6, 6.07) is 23.7. The topological polar surface area (TPSA) is 120 Å². The van der Waals surface area contributed by atoms with E-state index in [0.29, 0.717) is 34.8 Å². The zero-order valence-electron chi connectivity index (χ0n) is 31.4. The lowest BCUT2D eigenvalue weighted by Gasteiger charge is -2.44. The summed E-state index contributed by atoms with van der Waals surface area (Å²) in [6.07, 6.45) is 0.531. The van der Waals surface area contributed by atoms with Crippen LogP contribution in [0.5, 0.6) is 0 Å². The molecule has 0 spiro atoms. The minimum absolute atomic E-state index is 0.0471. The summed E-state index contributed by atoms with van der Waals surface area (Å²) in [5, 5.41) is 18.2. The molecule has 0 saturated carbocycles. The van der Waals surface area contributed by atoms with E-state index in [9.17, 15) is 19.5 Å². The fourth-order valence-electron chi connectivity index (χ4n) is 9.00. The van der Waals surface area contributed by atoms with Crippen LogP contribution in [0.3, 0.4) is 0 Å². The van der Waals surface area contributed by atoms with E-state index < -0.39 is 32.0 Å². The van der Waals surface area contributed by atoms with Gasteiger partial charge in [0.1, 0.15) is 12.7 Å². The van der Waals surface area contributed by atoms with Crippen molar-refractivity contribution in [1.82, 2.24) is 14.9 Å². The number of esters is 1. The van der Waals surface area contributed by atoms with Gasteiger partial charge in [0.25, 0.3) is 13.9 Å². The fourth-order valence-corrected chi connectivity index (χ4v) is 13.9. The molecule has 11 heteroatoms. The number of fused-ring (bicyclic) bond motifs is 5. The van der Waals surface area contributed by atoms with Crippen LogP contribution in [0.2, 0.25) is 10.1 Å². The highest BCUT2D eigenvalue weighted by molar-refractivity contribution is 6.99. The third-order valence-electron chi connectivity index (χ3n) is 11.8. The minimum atomic E-state index is -3.04. The average Bonchev–Trinajstić information content (AvgIpc) is 3.53. The molecular formula is C43H44ClN3O6Si. The number of aliphatic hydroxyl groups is 1. The summed E-state index contributed by atoms with van der Waals surface area (Å²) in [6.45, 7) is 12.1. The van der Waals surface area contributed by atoms with Gasteiger partial charge in [-0.05, 0) is 77.3 Å². The van der Waals surface area contributed by atoms with Gasteiger partial charge in [-0.3, -0.25) is 9.59 Å². The van der Waals surface area contributed by atoms with Crippen molar-refractivity contribution < 1.29 is 23.9 Å². The summed E-state index contributed by atoms with van der Waals surface area (Å²) in [4.78, 5) is 46.5. The fraction of sp³-hybridized carbons (Fsp3) is 0.349. The monoisotopic (exact) mass is 761 g/mol. The lowest BCUT2D eigenvalue weighted by molar-refractivity contribution is -0.172. The third kappa shape index (κ3) is 5.32. The second kappa shape index (κ2) is 13.0. The van der Waals surface area contributed by atoms with E-state index in [-0.39, 0.29) is 47.2 Å². The van der Waals surface area contributed by atoms with Crippen molar-refractivity contribution in [3.63, 3.8) is 0 Å². The molecule has 9 nitrogen and oxygen atoms in total. The Hall–Kier alpha value is -4.61. The molecule has 0 fully saturated rings. The number of hydrogen-bond acceptors (Lipinski definition) is 7. The molecular weight excluding hydrogens is 718 g/mol. The van der Waals surface area contributed by atoms with Crippen molar-refractivity contribution in [3.8, 4) is 11.4 Å². The molecule has 3 aromatic carbocycles. The predicted molar refractivity (Wildman–Crippen MR) is 212 cm³/mol. The number of hydrogen-bond donors (Lipinski definition) is 2. The number of carbonyl (C=O) groups is 2. The third-order valence-corrected chi connectivity index (χ3v) is 17.3. The molecule has 1 amide bonds. The number of amides is 1. The Morgan fingerprint density at radius 1 is 1.07 bits per heavy atom. The SMILES string of the molecule is CC[C@@]1(O)C(=O)OCc2c1cc1n(c2=O)Cc2c-1nc1cc(Cl)c(C)c3c1c2C(NC(=O)[C@H](C)O[Si](c1ccccc1)(c1ccccc1)C(C)(C)C)CC3. The molecule has 4 heterocycles. The molecule has 1 unspecified atom stereocenters. The number of aromatic nitrogens is 2. The standard InChI is InChI=1S/C43H44ClN3O6Si/c1-7-43(51)31-20-35-38-29(22-47(35)40(49)30(31)23-52-41(43)50)37-33(19-18-28-24(2)32(44)21-34(45-38)36(28)37)46-39(48)25(3)53-54(42(4,5)6,26-14-10-8-11-15-26)27-16-12-9-13-17-27/h8-17,20-21,25,33,51H,7,18-19,22-23H2,1-6H3,(H,46,48)/t25-,33?,43-/m0/s1. The van der Waals surface area contributed by atoms with E-state index in [1.165, 1.54) is 0 Å². The first-order chi connectivity index (χ1) is 25.7. The first kappa shape index (κ1) is 36.4. The molecule has 8 rings (SSSR count). The number of cyclic esters (lactones) is 1. The van der Waals surface area contributed by atoms with Crippen molar-refractivity contribution in [3.05, 3.63) is 122 Å². The number of nitrogens with one attached hydrogen (secondary N) is 1. The number of nitrogens with zero attached hydrogens (tertiary/aromatic N) is 2. The largest absolute Gasteiger partial charge is 0.458 e. The molecule has 2 aliphatic heterocycles. The van der Waals surface area contributed by atoms with E-state index in [0.717, 1.165) is 38.0 Å². The molecule has 5 aromatic rings. The number of benzene rings is 3. The Balaban J connectivity index is 1.23. The summed E-state index contributed by atoms with van der Waals surface area (Å²) in [7, 11) is -3.04. The zero-order valence-corrected chi connectivity index (χ0v) is 33.1. The first-order valence-electron chi connectivity index (χ1n) is 18.6. The number of carbonyl (C=O) groups excluding carboxylic acids is 2. The Kier molecular flexibility index (Phi) is 8.76. The molecule has 0 saturated heterocycles. The highest BCUT2D eigenvalue weighted by Gasteiger charge is 2.52. The smallest absolute Gasteiger partial charge is 0.343 e. The van der Waals surface area contributed by atoms with Crippen LogP contribution in [-0.4, -0.2) is 41.0 Å². The number of rotatable bonds is 7. The second-order valence-electron chi connectivity index (χ2n) is 15.8. The summed E-state index contributed by atoms with van der Waals surface area (Å²) < 4.78 is 14.1. The molecule has 3 atom stereocenters. The molecule has 2 N–H and O–H groups in total. The molecule has 54 heavy (non-hydrogen) atoms. The molecule has 1 aliphatic carbocycles. The number of pyridine rings is 2. The number of ether oxygens (including phenoxy) is 1. The van der Waals surface area contributed by atoms with Crippen LogP contribution in [-0.2, 0) is 43.9 Å². The molecule has 0 bridgehead atoms. The van der Waals surface area contributed by atoms with Gasteiger partial charge in [0.2, 0.25) is 5.91 Å². The van der Waals surface area contributed by atoms with Crippen LogP contribution in [0.25, 0.3) is 22.3 Å². The Bertz CT molecular complexity index is 2390. The molecule has 0 radical (unpaired) electrons.